The summed E-state index contributed by atoms with van der Waals surface area (Å²) < 4.78 is 23.8. The minimum absolute atomic E-state index is 0.331. The van der Waals surface area contributed by atoms with Crippen molar-refractivity contribution in [2.24, 2.45) is 0 Å². The molecule has 1 rings (SSSR count). The maximum atomic E-state index is 13.0. The first-order valence-electron chi connectivity index (χ1n) is 7.06. The van der Waals surface area contributed by atoms with Crippen LogP contribution in [-0.4, -0.2) is 33.1 Å². The van der Waals surface area contributed by atoms with Gasteiger partial charge in [-0.2, -0.15) is 0 Å². The average molecular weight is 333 g/mol. The van der Waals surface area contributed by atoms with Crippen LogP contribution in [0.2, 0.25) is 0 Å². The summed E-state index contributed by atoms with van der Waals surface area (Å²) in [6, 6.07) is 9.56. The monoisotopic (exact) mass is 332 g/mol. The smallest absolute Gasteiger partial charge is 0.324 e. The molecule has 0 bridgehead atoms. The number of quaternary nitrogens is 1. The topological polar surface area (TPSA) is 40.0 Å². The third kappa shape index (κ3) is 5.24. The van der Waals surface area contributed by atoms with Gasteiger partial charge in [0.1, 0.15) is 0 Å². The van der Waals surface area contributed by atoms with E-state index in [0.717, 1.165) is 10.5 Å². The Balaban J connectivity index is 3.14. The molecule has 0 fully saturated rings. The van der Waals surface area contributed by atoms with E-state index in [9.17, 15) is 4.57 Å². The zero-order valence-electron chi connectivity index (χ0n) is 13.0. The van der Waals surface area contributed by atoms with Crippen molar-refractivity contribution < 1.29 is 18.5 Å². The molecular weight excluding hydrogens is 309 g/mol. The molecule has 1 N–H and O–H groups in total. The van der Waals surface area contributed by atoms with Gasteiger partial charge in [0, 0.05) is 6.08 Å². The van der Waals surface area contributed by atoms with E-state index in [-0.39, 0.29) is 0 Å². The van der Waals surface area contributed by atoms with Gasteiger partial charge in [0.2, 0.25) is 5.78 Å². The van der Waals surface area contributed by atoms with Crippen LogP contribution in [0.4, 0.5) is 0 Å². The second kappa shape index (κ2) is 8.72. The van der Waals surface area contributed by atoms with Crippen molar-refractivity contribution in [3.05, 3.63) is 42.0 Å². The van der Waals surface area contributed by atoms with Crippen molar-refractivity contribution in [1.82, 2.24) is 0 Å². The maximum absolute atomic E-state index is 13.0. The Morgan fingerprint density at radius 2 is 1.76 bits per heavy atom. The van der Waals surface area contributed by atoms with Crippen molar-refractivity contribution in [1.29, 1.82) is 0 Å². The van der Waals surface area contributed by atoms with Gasteiger partial charge in [-0.3, -0.25) is 4.57 Å². The van der Waals surface area contributed by atoms with Crippen LogP contribution in [-0.2, 0) is 13.6 Å². The van der Waals surface area contributed by atoms with E-state index >= 15 is 0 Å². The third-order valence-electron chi connectivity index (χ3n) is 2.90. The van der Waals surface area contributed by atoms with E-state index < -0.39 is 13.4 Å². The van der Waals surface area contributed by atoms with Crippen LogP contribution in [0.15, 0.2) is 36.4 Å². The molecule has 0 aliphatic carbocycles. The lowest BCUT2D eigenvalue weighted by atomic mass is 10.2. The second-order valence-corrected chi connectivity index (χ2v) is 7.34. The van der Waals surface area contributed by atoms with Crippen molar-refractivity contribution in [3.8, 4) is 0 Å². The third-order valence-corrected chi connectivity index (χ3v) is 5.83. The zero-order valence-corrected chi connectivity index (χ0v) is 14.7. The molecule has 1 atom stereocenters. The lowest BCUT2D eigenvalue weighted by Crippen LogP contribution is -3.09. The molecule has 0 aromatic heterocycles. The Morgan fingerprint density at radius 1 is 1.24 bits per heavy atom. The van der Waals surface area contributed by atoms with Gasteiger partial charge in [0.25, 0.3) is 0 Å². The summed E-state index contributed by atoms with van der Waals surface area (Å²) in [5.74, 6) is -0.454. The van der Waals surface area contributed by atoms with Crippen LogP contribution in [0.5, 0.6) is 0 Å². The summed E-state index contributed by atoms with van der Waals surface area (Å²) in [6.45, 7) is 4.27. The molecule has 0 saturated heterocycles. The van der Waals surface area contributed by atoms with Gasteiger partial charge < -0.3 is 13.9 Å². The van der Waals surface area contributed by atoms with E-state index in [4.69, 9.17) is 20.6 Å². The number of likely N-dealkylation sites (N-methyl/N-ethyl adjacent to an activating group) is 1. The van der Waals surface area contributed by atoms with E-state index in [0.29, 0.717) is 18.2 Å². The number of benzene rings is 1. The predicted octanol–water partition coefficient (Wildman–Crippen LogP) is 3.00. The highest BCUT2D eigenvalue weighted by Crippen LogP contribution is 2.51. The first kappa shape index (κ1) is 18.4. The molecule has 0 spiro atoms. The first-order chi connectivity index (χ1) is 9.94. The van der Waals surface area contributed by atoms with Crippen molar-refractivity contribution in [3.63, 3.8) is 0 Å². The molecule has 4 nitrogen and oxygen atoms in total. The highest BCUT2D eigenvalue weighted by atomic mass is 35.5. The number of halogens is 1. The molecule has 21 heavy (non-hydrogen) atoms. The molecule has 1 unspecified atom stereocenters. The van der Waals surface area contributed by atoms with Gasteiger partial charge in [-0.25, -0.2) is 0 Å². The Morgan fingerprint density at radius 3 is 2.19 bits per heavy atom. The van der Waals surface area contributed by atoms with Gasteiger partial charge in [-0.15, -0.1) is 0 Å². The summed E-state index contributed by atoms with van der Waals surface area (Å²) in [4.78, 5) is 0.939. The number of hydrogen-bond acceptors (Lipinski definition) is 3. The van der Waals surface area contributed by atoms with Crippen LogP contribution in [0.1, 0.15) is 19.4 Å². The van der Waals surface area contributed by atoms with Crippen LogP contribution < -0.4 is 4.90 Å². The standard InChI is InChI=1S/C15H23ClNO3P/c1-5-19-21(18,20-6-2)15(17(3)4)12-14(16)13-10-8-7-9-11-13/h7-12,15H,5-6H2,1-4H3/p+1. The molecule has 118 valence electrons. The maximum Gasteiger partial charge on any atom is 0.391 e. The highest BCUT2D eigenvalue weighted by Gasteiger charge is 2.39. The lowest BCUT2D eigenvalue weighted by molar-refractivity contribution is -0.865. The minimum Gasteiger partial charge on any atom is -0.324 e. The fraction of sp³-hybridized carbons (Fsp3) is 0.467. The van der Waals surface area contributed by atoms with E-state index in [1.807, 2.05) is 44.4 Å². The fourth-order valence-electron chi connectivity index (χ4n) is 1.96. The largest absolute Gasteiger partial charge is 0.391 e. The van der Waals surface area contributed by atoms with Gasteiger partial charge >= 0.3 is 7.60 Å². The van der Waals surface area contributed by atoms with Crippen LogP contribution in [0.25, 0.3) is 5.03 Å². The fourth-order valence-corrected chi connectivity index (χ4v) is 4.38. The second-order valence-electron chi connectivity index (χ2n) is 4.78. The van der Waals surface area contributed by atoms with Crippen LogP contribution in [0.3, 0.4) is 0 Å². The average Bonchev–Trinajstić information content (AvgIpc) is 2.45. The Bertz CT molecular complexity index is 495. The van der Waals surface area contributed by atoms with Gasteiger partial charge in [0.15, 0.2) is 0 Å². The quantitative estimate of drug-likeness (QED) is 0.744. The molecule has 6 heteroatoms. The van der Waals surface area contributed by atoms with Gasteiger partial charge in [0.05, 0.1) is 32.3 Å². The van der Waals surface area contributed by atoms with Gasteiger partial charge in [-0.05, 0) is 19.4 Å². The minimum atomic E-state index is -3.26. The molecule has 0 aliphatic heterocycles. The number of hydrogen-bond donors (Lipinski definition) is 1. The summed E-state index contributed by atoms with van der Waals surface area (Å²) in [5, 5.41) is 0.543. The molecule has 0 saturated carbocycles. The number of rotatable bonds is 8. The van der Waals surface area contributed by atoms with Crippen molar-refractivity contribution in [2.75, 3.05) is 27.3 Å². The molecular formula is C15H24ClNO3P+. The lowest BCUT2D eigenvalue weighted by Gasteiger charge is -2.26. The Kier molecular flexibility index (Phi) is 7.64. The summed E-state index contributed by atoms with van der Waals surface area (Å²) >= 11 is 6.37. The normalized spacial score (nSPS) is 14.5. The molecule has 0 heterocycles. The Labute approximate surface area is 132 Å². The van der Waals surface area contributed by atoms with E-state index in [1.54, 1.807) is 19.9 Å². The first-order valence-corrected chi connectivity index (χ1v) is 9.05. The zero-order chi connectivity index (χ0) is 15.9. The summed E-state index contributed by atoms with van der Waals surface area (Å²) in [6.07, 6.45) is 1.76. The van der Waals surface area contributed by atoms with Crippen LogP contribution in [0, 0.1) is 0 Å². The summed E-state index contributed by atoms with van der Waals surface area (Å²) in [5.41, 5.74) is 0.880. The molecule has 0 aliphatic rings. The van der Waals surface area contributed by atoms with Crippen molar-refractivity contribution in [2.45, 2.75) is 19.6 Å². The molecule has 0 radical (unpaired) electrons. The van der Waals surface area contributed by atoms with Crippen molar-refractivity contribution >= 4 is 24.2 Å². The SMILES string of the molecule is CCOP(=O)(OCC)C(C=C(Cl)c1ccccc1)[NH+](C)C. The summed E-state index contributed by atoms with van der Waals surface area (Å²) in [7, 11) is 0.550. The molecule has 0 amide bonds. The molecule has 1 aromatic carbocycles. The Hall–Kier alpha value is -0.640. The van der Waals surface area contributed by atoms with Gasteiger partial charge in [-0.1, -0.05) is 41.9 Å². The van der Waals surface area contributed by atoms with Crippen LogP contribution >= 0.6 is 19.2 Å². The van der Waals surface area contributed by atoms with E-state index in [1.165, 1.54) is 0 Å². The van der Waals surface area contributed by atoms with E-state index in [2.05, 4.69) is 0 Å². The predicted molar refractivity (Wildman–Crippen MR) is 87.7 cm³/mol. The molecule has 1 aromatic rings. The number of nitrogens with one attached hydrogen (secondary N) is 1. The highest BCUT2D eigenvalue weighted by molar-refractivity contribution is 7.54.